The Kier molecular flexibility index (Phi) is 5.71. The van der Waals surface area contributed by atoms with Gasteiger partial charge in [-0.05, 0) is 43.9 Å². The lowest BCUT2D eigenvalue weighted by Crippen LogP contribution is -2.37. The van der Waals surface area contributed by atoms with Crippen LogP contribution in [0.5, 0.6) is 0 Å². The smallest absolute Gasteiger partial charge is 0.136 e. The average molecular weight is 281 g/mol. The van der Waals surface area contributed by atoms with E-state index in [-0.39, 0.29) is 5.82 Å². The third-order valence-corrected chi connectivity index (χ3v) is 5.42. The van der Waals surface area contributed by atoms with Crippen molar-refractivity contribution >= 4 is 11.8 Å². The molecule has 3 heteroatoms. The molecule has 0 heterocycles. The molecule has 0 aliphatic heterocycles. The van der Waals surface area contributed by atoms with E-state index < -0.39 is 0 Å². The molecule has 2 rings (SSSR count). The molecule has 106 valence electrons. The summed E-state index contributed by atoms with van der Waals surface area (Å²) in [5, 5.41) is 3.43. The molecular weight excluding hydrogens is 257 g/mol. The summed E-state index contributed by atoms with van der Waals surface area (Å²) in [5.41, 5.74) is 0. The molecule has 1 saturated carbocycles. The van der Waals surface area contributed by atoms with Crippen LogP contribution in [0.1, 0.15) is 32.6 Å². The molecule has 1 aromatic rings. The first-order valence-corrected chi connectivity index (χ1v) is 8.24. The highest BCUT2D eigenvalue weighted by atomic mass is 32.2. The van der Waals surface area contributed by atoms with Gasteiger partial charge in [-0.25, -0.2) is 4.39 Å². The van der Waals surface area contributed by atoms with Crippen molar-refractivity contribution < 1.29 is 4.39 Å². The number of hydrogen-bond acceptors (Lipinski definition) is 2. The fourth-order valence-corrected chi connectivity index (χ4v) is 4.06. The molecule has 1 nitrogen and oxygen atoms in total. The minimum absolute atomic E-state index is 0.0976. The van der Waals surface area contributed by atoms with Crippen LogP contribution in [0.25, 0.3) is 0 Å². The van der Waals surface area contributed by atoms with Crippen LogP contribution >= 0.6 is 11.8 Å². The lowest BCUT2D eigenvalue weighted by Gasteiger charge is -2.32. The van der Waals surface area contributed by atoms with Crippen molar-refractivity contribution in [2.24, 2.45) is 11.8 Å². The molecule has 0 saturated heterocycles. The molecule has 0 bridgehead atoms. The van der Waals surface area contributed by atoms with Crippen molar-refractivity contribution in [2.45, 2.75) is 43.5 Å². The van der Waals surface area contributed by atoms with Gasteiger partial charge in [0.1, 0.15) is 5.82 Å². The van der Waals surface area contributed by atoms with Crippen LogP contribution in [0.15, 0.2) is 29.2 Å². The van der Waals surface area contributed by atoms with Gasteiger partial charge in [0.05, 0.1) is 0 Å². The van der Waals surface area contributed by atoms with Crippen LogP contribution in [-0.2, 0) is 0 Å². The zero-order valence-corrected chi connectivity index (χ0v) is 12.7. The van der Waals surface area contributed by atoms with Crippen LogP contribution < -0.4 is 5.32 Å². The standard InChI is InChI=1S/C16H24FNS/c1-12-7-9-13(10-8-12)15(18-2)11-19-16-6-4-3-5-14(16)17/h3-6,12-13,15,18H,7-11H2,1-2H3. The van der Waals surface area contributed by atoms with Gasteiger partial charge in [0.25, 0.3) is 0 Å². The maximum absolute atomic E-state index is 13.6. The Bertz CT molecular complexity index is 388. The van der Waals surface area contributed by atoms with Crippen LogP contribution in [0.4, 0.5) is 4.39 Å². The van der Waals surface area contributed by atoms with E-state index in [9.17, 15) is 4.39 Å². The molecule has 0 aromatic heterocycles. The predicted molar refractivity (Wildman–Crippen MR) is 81.1 cm³/mol. The lowest BCUT2D eigenvalue weighted by molar-refractivity contribution is 0.248. The summed E-state index contributed by atoms with van der Waals surface area (Å²) < 4.78 is 13.6. The lowest BCUT2D eigenvalue weighted by atomic mass is 9.80. The van der Waals surface area contributed by atoms with E-state index in [1.165, 1.54) is 25.7 Å². The Morgan fingerprint density at radius 2 is 1.95 bits per heavy atom. The number of rotatable bonds is 5. The number of nitrogens with one attached hydrogen (secondary N) is 1. The summed E-state index contributed by atoms with van der Waals surface area (Å²) in [4.78, 5) is 0.770. The van der Waals surface area contributed by atoms with Gasteiger partial charge in [0.2, 0.25) is 0 Å². The maximum atomic E-state index is 13.6. The first-order chi connectivity index (χ1) is 9.20. The summed E-state index contributed by atoms with van der Waals surface area (Å²) >= 11 is 1.64. The normalized spacial score (nSPS) is 25.2. The van der Waals surface area contributed by atoms with Gasteiger partial charge in [0.15, 0.2) is 0 Å². The maximum Gasteiger partial charge on any atom is 0.136 e. The Hall–Kier alpha value is -0.540. The van der Waals surface area contributed by atoms with Gasteiger partial charge in [-0.3, -0.25) is 0 Å². The minimum Gasteiger partial charge on any atom is -0.316 e. The number of benzene rings is 1. The monoisotopic (exact) mass is 281 g/mol. The van der Waals surface area contributed by atoms with Gasteiger partial charge >= 0.3 is 0 Å². The average Bonchev–Trinajstić information content (AvgIpc) is 2.43. The highest BCUT2D eigenvalue weighted by molar-refractivity contribution is 7.99. The number of hydrogen-bond donors (Lipinski definition) is 1. The van der Waals surface area contributed by atoms with E-state index in [4.69, 9.17) is 0 Å². The third-order valence-electron chi connectivity index (χ3n) is 4.26. The summed E-state index contributed by atoms with van der Waals surface area (Å²) in [6, 6.07) is 7.56. The topological polar surface area (TPSA) is 12.0 Å². The summed E-state index contributed by atoms with van der Waals surface area (Å²) in [6.07, 6.45) is 5.30. The van der Waals surface area contributed by atoms with Gasteiger partial charge in [-0.1, -0.05) is 31.9 Å². The molecule has 0 radical (unpaired) electrons. The number of halogens is 1. The largest absolute Gasteiger partial charge is 0.316 e. The Morgan fingerprint density at radius 3 is 2.58 bits per heavy atom. The summed E-state index contributed by atoms with van der Waals surface area (Å²) in [5.74, 6) is 2.49. The van der Waals surface area contributed by atoms with Crippen LogP contribution in [-0.4, -0.2) is 18.8 Å². The molecule has 0 spiro atoms. The van der Waals surface area contributed by atoms with Crippen LogP contribution in [0.3, 0.4) is 0 Å². The minimum atomic E-state index is -0.0976. The molecule has 1 fully saturated rings. The molecule has 0 amide bonds. The Balaban J connectivity index is 1.87. The van der Waals surface area contributed by atoms with Crippen LogP contribution in [0.2, 0.25) is 0 Å². The quantitative estimate of drug-likeness (QED) is 0.806. The molecule has 1 unspecified atom stereocenters. The molecule has 1 atom stereocenters. The predicted octanol–water partition coefficient (Wildman–Crippen LogP) is 4.33. The van der Waals surface area contributed by atoms with Crippen molar-refractivity contribution in [1.82, 2.24) is 5.32 Å². The second-order valence-electron chi connectivity index (χ2n) is 5.66. The third kappa shape index (κ3) is 4.22. The van der Waals surface area contributed by atoms with E-state index in [0.29, 0.717) is 6.04 Å². The van der Waals surface area contributed by atoms with E-state index in [1.54, 1.807) is 23.9 Å². The van der Waals surface area contributed by atoms with Crippen molar-refractivity contribution in [3.63, 3.8) is 0 Å². The number of thioether (sulfide) groups is 1. The zero-order chi connectivity index (χ0) is 13.7. The second kappa shape index (κ2) is 7.30. The van der Waals surface area contributed by atoms with Gasteiger partial charge in [-0.2, -0.15) is 0 Å². The molecule has 19 heavy (non-hydrogen) atoms. The van der Waals surface area contributed by atoms with E-state index >= 15 is 0 Å². The van der Waals surface area contributed by atoms with Gasteiger partial charge in [-0.15, -0.1) is 11.8 Å². The Labute approximate surface area is 120 Å². The van der Waals surface area contributed by atoms with Crippen molar-refractivity contribution in [1.29, 1.82) is 0 Å². The summed E-state index contributed by atoms with van der Waals surface area (Å²) in [6.45, 7) is 2.35. The van der Waals surface area contributed by atoms with Crippen molar-refractivity contribution in [2.75, 3.05) is 12.8 Å². The summed E-state index contributed by atoms with van der Waals surface area (Å²) in [7, 11) is 2.03. The van der Waals surface area contributed by atoms with Crippen molar-refractivity contribution in [3.8, 4) is 0 Å². The SMILES string of the molecule is CNC(CSc1ccccc1F)C1CCC(C)CC1. The molecule has 1 N–H and O–H groups in total. The van der Waals surface area contributed by atoms with Gasteiger partial charge in [0, 0.05) is 16.7 Å². The molecular formula is C16H24FNS. The fourth-order valence-electron chi connectivity index (χ4n) is 2.88. The highest BCUT2D eigenvalue weighted by Gasteiger charge is 2.25. The van der Waals surface area contributed by atoms with E-state index in [2.05, 4.69) is 12.2 Å². The van der Waals surface area contributed by atoms with E-state index in [1.807, 2.05) is 19.2 Å². The van der Waals surface area contributed by atoms with E-state index in [0.717, 1.165) is 22.5 Å². The molecule has 1 aliphatic rings. The first kappa shape index (κ1) is 14.9. The highest BCUT2D eigenvalue weighted by Crippen LogP contribution is 2.32. The van der Waals surface area contributed by atoms with Gasteiger partial charge < -0.3 is 5.32 Å². The second-order valence-corrected chi connectivity index (χ2v) is 6.72. The fraction of sp³-hybridized carbons (Fsp3) is 0.625. The first-order valence-electron chi connectivity index (χ1n) is 7.25. The molecule has 1 aliphatic carbocycles. The van der Waals surface area contributed by atoms with Crippen LogP contribution in [0, 0.1) is 17.7 Å². The van der Waals surface area contributed by atoms with Crippen molar-refractivity contribution in [3.05, 3.63) is 30.1 Å². The molecule has 1 aromatic carbocycles. The zero-order valence-electron chi connectivity index (χ0n) is 11.9. The Morgan fingerprint density at radius 1 is 1.26 bits per heavy atom.